The molecule has 0 aliphatic carbocycles. The van der Waals surface area contributed by atoms with Crippen molar-refractivity contribution in [2.75, 3.05) is 27.9 Å². The summed E-state index contributed by atoms with van der Waals surface area (Å²) in [7, 11) is 4.48. The third-order valence-corrected chi connectivity index (χ3v) is 4.49. The summed E-state index contributed by atoms with van der Waals surface area (Å²) in [5.74, 6) is 0.188. The number of hydrogen-bond donors (Lipinski definition) is 1. The standard InChI is InChI=1S/C21H26N2O6/c1-6-8-14-18(21(24)28-7-2)17(13(11-22)20(23)29-14)12-9-15(25-3)19(27-5)16(10-12)26-4/h9-10,17H,6-8,23H2,1-5H3/t17-/m0/s1. The van der Waals surface area contributed by atoms with Gasteiger partial charge in [-0.2, -0.15) is 5.26 Å². The summed E-state index contributed by atoms with van der Waals surface area (Å²) in [5.41, 5.74) is 6.96. The van der Waals surface area contributed by atoms with Crippen LogP contribution in [0.15, 0.2) is 34.9 Å². The molecule has 0 saturated heterocycles. The second kappa shape index (κ2) is 9.73. The number of hydrogen-bond acceptors (Lipinski definition) is 8. The molecule has 1 aromatic carbocycles. The molecule has 1 atom stereocenters. The van der Waals surface area contributed by atoms with Gasteiger partial charge in [0.15, 0.2) is 11.5 Å². The minimum Gasteiger partial charge on any atom is -0.493 e. The molecule has 1 aliphatic heterocycles. The molecule has 2 rings (SSSR count). The number of rotatable bonds is 8. The highest BCUT2D eigenvalue weighted by atomic mass is 16.5. The van der Waals surface area contributed by atoms with Crippen molar-refractivity contribution in [2.24, 2.45) is 5.73 Å². The van der Waals surface area contributed by atoms with E-state index in [9.17, 15) is 10.1 Å². The van der Waals surface area contributed by atoms with Crippen molar-refractivity contribution in [1.29, 1.82) is 5.26 Å². The maximum atomic E-state index is 12.8. The van der Waals surface area contributed by atoms with Gasteiger partial charge in [0.1, 0.15) is 17.4 Å². The number of esters is 1. The summed E-state index contributed by atoms with van der Waals surface area (Å²) in [5, 5.41) is 9.76. The molecule has 1 aromatic rings. The van der Waals surface area contributed by atoms with Gasteiger partial charge in [0, 0.05) is 6.42 Å². The number of carbonyl (C=O) groups excluding carboxylic acids is 1. The Morgan fingerprint density at radius 1 is 1.17 bits per heavy atom. The van der Waals surface area contributed by atoms with E-state index in [-0.39, 0.29) is 23.6 Å². The lowest BCUT2D eigenvalue weighted by atomic mass is 9.82. The van der Waals surface area contributed by atoms with Crippen molar-refractivity contribution in [3.63, 3.8) is 0 Å². The zero-order valence-corrected chi connectivity index (χ0v) is 17.3. The highest BCUT2D eigenvalue weighted by Crippen LogP contribution is 2.46. The maximum absolute atomic E-state index is 12.8. The Labute approximate surface area is 170 Å². The molecular formula is C21H26N2O6. The van der Waals surface area contributed by atoms with Gasteiger partial charge < -0.3 is 29.4 Å². The van der Waals surface area contributed by atoms with Crippen molar-refractivity contribution in [1.82, 2.24) is 0 Å². The molecule has 1 heterocycles. The fourth-order valence-corrected chi connectivity index (χ4v) is 3.26. The van der Waals surface area contributed by atoms with Crippen LogP contribution >= 0.6 is 0 Å². The molecule has 0 amide bonds. The molecular weight excluding hydrogens is 376 g/mol. The predicted molar refractivity (Wildman–Crippen MR) is 105 cm³/mol. The van der Waals surface area contributed by atoms with Crippen LogP contribution in [0.1, 0.15) is 38.2 Å². The van der Waals surface area contributed by atoms with Gasteiger partial charge in [-0.15, -0.1) is 0 Å². The highest BCUT2D eigenvalue weighted by molar-refractivity contribution is 5.92. The Balaban J connectivity index is 2.79. The predicted octanol–water partition coefficient (Wildman–Crippen LogP) is 3.14. The molecule has 0 unspecified atom stereocenters. The van der Waals surface area contributed by atoms with Gasteiger partial charge in [-0.25, -0.2) is 4.79 Å². The minimum atomic E-state index is -0.789. The molecule has 8 nitrogen and oxygen atoms in total. The van der Waals surface area contributed by atoms with E-state index in [1.165, 1.54) is 21.3 Å². The van der Waals surface area contributed by atoms with Crippen LogP contribution in [0.2, 0.25) is 0 Å². The lowest BCUT2D eigenvalue weighted by molar-refractivity contribution is -0.139. The fourth-order valence-electron chi connectivity index (χ4n) is 3.26. The van der Waals surface area contributed by atoms with Crippen molar-refractivity contribution in [3.8, 4) is 23.3 Å². The zero-order valence-electron chi connectivity index (χ0n) is 17.3. The van der Waals surface area contributed by atoms with Crippen molar-refractivity contribution >= 4 is 5.97 Å². The average Bonchev–Trinajstić information content (AvgIpc) is 2.72. The third kappa shape index (κ3) is 4.24. The Hall–Kier alpha value is -3.34. The summed E-state index contributed by atoms with van der Waals surface area (Å²) < 4.78 is 27.1. The van der Waals surface area contributed by atoms with Crippen LogP contribution in [-0.4, -0.2) is 33.9 Å². The number of nitriles is 1. The smallest absolute Gasteiger partial charge is 0.338 e. The lowest BCUT2D eigenvalue weighted by Crippen LogP contribution is -2.26. The first-order valence-electron chi connectivity index (χ1n) is 9.24. The van der Waals surface area contributed by atoms with Crippen LogP contribution in [-0.2, 0) is 14.3 Å². The van der Waals surface area contributed by atoms with Gasteiger partial charge >= 0.3 is 5.97 Å². The molecule has 0 spiro atoms. The topological polar surface area (TPSA) is 113 Å². The monoisotopic (exact) mass is 402 g/mol. The molecule has 1 aliphatic rings. The third-order valence-electron chi connectivity index (χ3n) is 4.49. The molecule has 8 heteroatoms. The van der Waals surface area contributed by atoms with Gasteiger partial charge in [-0.05, 0) is 31.0 Å². The molecule has 0 bridgehead atoms. The molecule has 0 aromatic heterocycles. The maximum Gasteiger partial charge on any atom is 0.338 e. The van der Waals surface area contributed by atoms with Crippen molar-refractivity contribution < 1.29 is 28.5 Å². The van der Waals surface area contributed by atoms with Crippen molar-refractivity contribution in [2.45, 2.75) is 32.6 Å². The second-order valence-electron chi connectivity index (χ2n) is 6.19. The Morgan fingerprint density at radius 2 is 1.79 bits per heavy atom. The van der Waals surface area contributed by atoms with Crippen molar-refractivity contribution in [3.05, 3.63) is 40.5 Å². The van der Waals surface area contributed by atoms with Gasteiger partial charge in [-0.1, -0.05) is 6.92 Å². The Morgan fingerprint density at radius 3 is 2.24 bits per heavy atom. The number of nitrogens with two attached hydrogens (primary N) is 1. The fraction of sp³-hybridized carbons (Fsp3) is 0.429. The number of nitrogens with zero attached hydrogens (tertiary/aromatic N) is 1. The number of ether oxygens (including phenoxy) is 5. The van der Waals surface area contributed by atoms with E-state index < -0.39 is 11.9 Å². The van der Waals surface area contributed by atoms with E-state index in [1.54, 1.807) is 19.1 Å². The largest absolute Gasteiger partial charge is 0.493 e. The Bertz CT molecular complexity index is 857. The molecule has 156 valence electrons. The van der Waals surface area contributed by atoms with Crippen LogP contribution < -0.4 is 19.9 Å². The number of methoxy groups -OCH3 is 3. The molecule has 0 saturated carbocycles. The van der Waals surface area contributed by atoms with E-state index in [1.807, 2.05) is 6.92 Å². The quantitative estimate of drug-likeness (QED) is 0.660. The lowest BCUT2D eigenvalue weighted by Gasteiger charge is -2.28. The highest BCUT2D eigenvalue weighted by Gasteiger charge is 2.38. The summed E-state index contributed by atoms with van der Waals surface area (Å²) >= 11 is 0. The average molecular weight is 402 g/mol. The number of benzene rings is 1. The Kier molecular flexibility index (Phi) is 7.37. The van der Waals surface area contributed by atoms with Gasteiger partial charge in [0.2, 0.25) is 11.6 Å². The summed E-state index contributed by atoms with van der Waals surface area (Å²) in [6.45, 7) is 3.85. The molecule has 0 radical (unpaired) electrons. The van der Waals surface area contributed by atoms with E-state index >= 15 is 0 Å². The number of carbonyl (C=O) groups is 1. The van der Waals surface area contributed by atoms with Crippen LogP contribution in [0.25, 0.3) is 0 Å². The SMILES string of the molecule is CCCC1=C(C(=O)OCC)[C@@H](c2cc(OC)c(OC)c(OC)c2)C(C#N)=C(N)O1. The van der Waals surface area contributed by atoms with E-state index in [0.717, 1.165) is 6.42 Å². The van der Waals surface area contributed by atoms with Gasteiger partial charge in [-0.3, -0.25) is 0 Å². The van der Waals surface area contributed by atoms with Crippen LogP contribution in [0.4, 0.5) is 0 Å². The van der Waals surface area contributed by atoms with E-state index in [0.29, 0.717) is 35.0 Å². The van der Waals surface area contributed by atoms with E-state index in [4.69, 9.17) is 29.4 Å². The van der Waals surface area contributed by atoms with Gasteiger partial charge in [0.25, 0.3) is 0 Å². The summed E-state index contributed by atoms with van der Waals surface area (Å²) in [6, 6.07) is 5.44. The summed E-state index contributed by atoms with van der Waals surface area (Å²) in [4.78, 5) is 12.8. The first kappa shape index (κ1) is 22.0. The first-order chi connectivity index (χ1) is 14.0. The zero-order chi connectivity index (χ0) is 21.6. The van der Waals surface area contributed by atoms with Crippen LogP contribution in [0.5, 0.6) is 17.2 Å². The molecule has 0 fully saturated rings. The second-order valence-corrected chi connectivity index (χ2v) is 6.19. The first-order valence-corrected chi connectivity index (χ1v) is 9.24. The summed E-state index contributed by atoms with van der Waals surface area (Å²) in [6.07, 6.45) is 1.18. The normalized spacial score (nSPS) is 16.1. The minimum absolute atomic E-state index is 0.0391. The number of allylic oxidation sites excluding steroid dienone is 2. The molecule has 2 N–H and O–H groups in total. The van der Waals surface area contributed by atoms with Crippen LogP contribution in [0.3, 0.4) is 0 Å². The van der Waals surface area contributed by atoms with E-state index in [2.05, 4.69) is 6.07 Å². The van der Waals surface area contributed by atoms with Crippen LogP contribution in [0, 0.1) is 11.3 Å². The molecule has 29 heavy (non-hydrogen) atoms. The van der Waals surface area contributed by atoms with Gasteiger partial charge in [0.05, 0.1) is 39.4 Å².